The minimum absolute atomic E-state index is 0.166. The van der Waals surface area contributed by atoms with Gasteiger partial charge in [-0.3, -0.25) is 4.79 Å². The first-order valence-corrected chi connectivity index (χ1v) is 6.99. The molecule has 112 valence electrons. The van der Waals surface area contributed by atoms with Crippen molar-refractivity contribution < 1.29 is 4.79 Å². The Bertz CT molecular complexity index is 420. The number of aromatic nitrogens is 2. The summed E-state index contributed by atoms with van der Waals surface area (Å²) in [6, 6.07) is 1.62. The van der Waals surface area contributed by atoms with Crippen molar-refractivity contribution >= 4 is 11.9 Å². The van der Waals surface area contributed by atoms with Crippen molar-refractivity contribution in [2.75, 3.05) is 39.0 Å². The van der Waals surface area contributed by atoms with Gasteiger partial charge in [0.2, 0.25) is 5.95 Å². The second-order valence-electron chi connectivity index (χ2n) is 5.43. The van der Waals surface area contributed by atoms with Crippen molar-refractivity contribution in [3.63, 3.8) is 0 Å². The molecule has 1 amide bonds. The van der Waals surface area contributed by atoms with Crippen LogP contribution >= 0.6 is 0 Å². The lowest BCUT2D eigenvalue weighted by Crippen LogP contribution is -2.32. The lowest BCUT2D eigenvalue weighted by molar-refractivity contribution is 0.0946. The van der Waals surface area contributed by atoms with Crippen LogP contribution in [0.2, 0.25) is 0 Å². The minimum Gasteiger partial charge on any atom is -0.354 e. The van der Waals surface area contributed by atoms with Crippen molar-refractivity contribution in [3.05, 3.63) is 18.0 Å². The van der Waals surface area contributed by atoms with Crippen molar-refractivity contribution in [2.24, 2.45) is 5.92 Å². The van der Waals surface area contributed by atoms with Gasteiger partial charge in [0.25, 0.3) is 5.91 Å². The fraction of sp³-hybridized carbons (Fsp3) is 0.643. The maximum Gasteiger partial charge on any atom is 0.270 e. The molecule has 6 heteroatoms. The standard InChI is InChI=1S/C14H25N5O/c1-11(2)5-7-16-14-17-8-6-12(18-14)13(20)15-9-10-19(3)4/h6,8,11H,5,7,9-10H2,1-4H3,(H,15,20)(H,16,17,18). The monoisotopic (exact) mass is 279 g/mol. The number of likely N-dealkylation sites (N-methyl/N-ethyl adjacent to an activating group) is 1. The van der Waals surface area contributed by atoms with E-state index in [1.165, 1.54) is 0 Å². The molecule has 2 N–H and O–H groups in total. The van der Waals surface area contributed by atoms with Gasteiger partial charge in [0.15, 0.2) is 0 Å². The van der Waals surface area contributed by atoms with Crippen LogP contribution in [0.3, 0.4) is 0 Å². The highest BCUT2D eigenvalue weighted by Crippen LogP contribution is 2.03. The van der Waals surface area contributed by atoms with E-state index in [2.05, 4.69) is 34.4 Å². The van der Waals surface area contributed by atoms with Crippen LogP contribution in [0.5, 0.6) is 0 Å². The molecule has 0 saturated heterocycles. The highest BCUT2D eigenvalue weighted by atomic mass is 16.1. The smallest absolute Gasteiger partial charge is 0.270 e. The summed E-state index contributed by atoms with van der Waals surface area (Å²) in [5.41, 5.74) is 0.394. The largest absolute Gasteiger partial charge is 0.354 e. The number of hydrogen-bond acceptors (Lipinski definition) is 5. The van der Waals surface area contributed by atoms with Gasteiger partial charge < -0.3 is 15.5 Å². The average Bonchev–Trinajstić information content (AvgIpc) is 2.38. The summed E-state index contributed by atoms with van der Waals surface area (Å²) < 4.78 is 0. The third-order valence-corrected chi connectivity index (χ3v) is 2.74. The predicted molar refractivity (Wildman–Crippen MR) is 80.9 cm³/mol. The second kappa shape index (κ2) is 8.47. The zero-order valence-corrected chi connectivity index (χ0v) is 12.8. The second-order valence-corrected chi connectivity index (χ2v) is 5.43. The Kier molecular flexibility index (Phi) is 6.93. The fourth-order valence-corrected chi connectivity index (χ4v) is 1.53. The summed E-state index contributed by atoms with van der Waals surface area (Å²) in [5, 5.41) is 5.97. The van der Waals surface area contributed by atoms with Crippen LogP contribution in [0.25, 0.3) is 0 Å². The molecule has 0 spiro atoms. The Labute approximate surface area is 121 Å². The SMILES string of the molecule is CC(C)CCNc1nccc(C(=O)NCCN(C)C)n1. The number of carbonyl (C=O) groups excluding carboxylic acids is 1. The number of hydrogen-bond donors (Lipinski definition) is 2. The van der Waals surface area contributed by atoms with Crippen LogP contribution in [0.15, 0.2) is 12.3 Å². The quantitative estimate of drug-likeness (QED) is 0.749. The molecule has 0 saturated carbocycles. The molecule has 0 radical (unpaired) electrons. The van der Waals surface area contributed by atoms with E-state index in [1.807, 2.05) is 19.0 Å². The maximum atomic E-state index is 11.9. The number of amides is 1. The molecule has 1 heterocycles. The Morgan fingerprint density at radius 1 is 1.35 bits per heavy atom. The highest BCUT2D eigenvalue weighted by Gasteiger charge is 2.08. The predicted octanol–water partition coefficient (Wildman–Crippen LogP) is 1.23. The van der Waals surface area contributed by atoms with Gasteiger partial charge in [0.1, 0.15) is 5.69 Å². The fourth-order valence-electron chi connectivity index (χ4n) is 1.53. The molecule has 6 nitrogen and oxygen atoms in total. The third kappa shape index (κ3) is 6.47. The first-order chi connectivity index (χ1) is 9.49. The first-order valence-electron chi connectivity index (χ1n) is 6.99. The summed E-state index contributed by atoms with van der Waals surface area (Å²) in [5.74, 6) is 0.965. The molecule has 0 fully saturated rings. The lowest BCUT2D eigenvalue weighted by atomic mass is 10.1. The maximum absolute atomic E-state index is 11.9. The van der Waals surface area contributed by atoms with Gasteiger partial charge in [-0.1, -0.05) is 13.8 Å². The summed E-state index contributed by atoms with van der Waals surface area (Å²) in [4.78, 5) is 22.3. The normalized spacial score (nSPS) is 10.9. The van der Waals surface area contributed by atoms with Gasteiger partial charge in [-0.25, -0.2) is 9.97 Å². The molecule has 0 aliphatic heterocycles. The number of rotatable bonds is 8. The number of anilines is 1. The van der Waals surface area contributed by atoms with E-state index < -0.39 is 0 Å². The van der Waals surface area contributed by atoms with E-state index in [1.54, 1.807) is 12.3 Å². The molecular formula is C14H25N5O. The van der Waals surface area contributed by atoms with E-state index >= 15 is 0 Å². The Morgan fingerprint density at radius 2 is 2.10 bits per heavy atom. The van der Waals surface area contributed by atoms with Gasteiger partial charge in [-0.15, -0.1) is 0 Å². The molecule has 1 aromatic heterocycles. The van der Waals surface area contributed by atoms with E-state index in [-0.39, 0.29) is 5.91 Å². The zero-order chi connectivity index (χ0) is 15.0. The van der Waals surface area contributed by atoms with Crippen LogP contribution in [0.1, 0.15) is 30.8 Å². The average molecular weight is 279 g/mol. The van der Waals surface area contributed by atoms with Crippen molar-refractivity contribution in [1.29, 1.82) is 0 Å². The van der Waals surface area contributed by atoms with E-state index in [4.69, 9.17) is 0 Å². The van der Waals surface area contributed by atoms with Crippen LogP contribution < -0.4 is 10.6 Å². The molecule has 0 aromatic carbocycles. The number of nitrogens with zero attached hydrogens (tertiary/aromatic N) is 3. The molecule has 1 aromatic rings. The zero-order valence-electron chi connectivity index (χ0n) is 12.8. The summed E-state index contributed by atoms with van der Waals surface area (Å²) in [6.07, 6.45) is 2.65. The Balaban J connectivity index is 2.47. The molecule has 0 aliphatic carbocycles. The Morgan fingerprint density at radius 3 is 2.75 bits per heavy atom. The molecule has 1 rings (SSSR count). The van der Waals surface area contributed by atoms with Crippen LogP contribution in [-0.4, -0.2) is 54.5 Å². The molecule has 0 unspecified atom stereocenters. The molecule has 0 aliphatic rings. The Hall–Kier alpha value is -1.69. The minimum atomic E-state index is -0.166. The van der Waals surface area contributed by atoms with Crippen LogP contribution in [-0.2, 0) is 0 Å². The van der Waals surface area contributed by atoms with E-state index in [9.17, 15) is 4.79 Å². The van der Waals surface area contributed by atoms with E-state index in [0.29, 0.717) is 24.1 Å². The summed E-state index contributed by atoms with van der Waals surface area (Å²) in [6.45, 7) is 6.54. The topological polar surface area (TPSA) is 70.2 Å². The summed E-state index contributed by atoms with van der Waals surface area (Å²) in [7, 11) is 3.93. The van der Waals surface area contributed by atoms with Crippen molar-refractivity contribution in [1.82, 2.24) is 20.2 Å². The van der Waals surface area contributed by atoms with Gasteiger partial charge >= 0.3 is 0 Å². The molecule has 0 atom stereocenters. The highest BCUT2D eigenvalue weighted by molar-refractivity contribution is 5.92. The third-order valence-electron chi connectivity index (χ3n) is 2.74. The molecule has 20 heavy (non-hydrogen) atoms. The summed E-state index contributed by atoms with van der Waals surface area (Å²) >= 11 is 0. The molecular weight excluding hydrogens is 254 g/mol. The number of carbonyl (C=O) groups is 1. The molecule has 0 bridgehead atoms. The van der Waals surface area contributed by atoms with Gasteiger partial charge in [0.05, 0.1) is 0 Å². The van der Waals surface area contributed by atoms with Crippen LogP contribution in [0, 0.1) is 5.92 Å². The van der Waals surface area contributed by atoms with Crippen LogP contribution in [0.4, 0.5) is 5.95 Å². The number of nitrogens with one attached hydrogen (secondary N) is 2. The lowest BCUT2D eigenvalue weighted by Gasteiger charge is -2.11. The van der Waals surface area contributed by atoms with Gasteiger partial charge in [-0.05, 0) is 32.5 Å². The van der Waals surface area contributed by atoms with Gasteiger partial charge in [-0.2, -0.15) is 0 Å². The van der Waals surface area contributed by atoms with E-state index in [0.717, 1.165) is 19.5 Å². The first kappa shape index (κ1) is 16.4. The van der Waals surface area contributed by atoms with Gasteiger partial charge in [0, 0.05) is 25.8 Å². The van der Waals surface area contributed by atoms with Crippen molar-refractivity contribution in [2.45, 2.75) is 20.3 Å². The van der Waals surface area contributed by atoms with Crippen molar-refractivity contribution in [3.8, 4) is 0 Å².